The van der Waals surface area contributed by atoms with Crippen molar-refractivity contribution in [2.75, 3.05) is 0 Å². The molecule has 0 aliphatic carbocycles. The Hall–Kier alpha value is -1.70. The molecule has 0 saturated heterocycles. The minimum absolute atomic E-state index is 0.0612. The maximum Gasteiger partial charge on any atom is 0.417 e. The van der Waals surface area contributed by atoms with Crippen LogP contribution in [0.15, 0.2) is 29.0 Å². The van der Waals surface area contributed by atoms with Gasteiger partial charge in [0.15, 0.2) is 0 Å². The number of hydrogen-bond acceptors (Lipinski definition) is 3. The molecule has 0 aromatic carbocycles. The van der Waals surface area contributed by atoms with E-state index in [0.29, 0.717) is 17.2 Å². The number of hydrogen-bond donors (Lipinski definition) is 0. The van der Waals surface area contributed by atoms with E-state index in [4.69, 9.17) is 0 Å². The summed E-state index contributed by atoms with van der Waals surface area (Å²) in [6, 6.07) is 1.89. The third-order valence-corrected chi connectivity index (χ3v) is 3.21. The lowest BCUT2D eigenvalue weighted by molar-refractivity contribution is -0.137. The molecule has 106 valence electrons. The Morgan fingerprint density at radius 1 is 1.35 bits per heavy atom. The minimum atomic E-state index is -4.47. The van der Waals surface area contributed by atoms with E-state index in [1.807, 2.05) is 0 Å². The van der Waals surface area contributed by atoms with Crippen LogP contribution >= 0.6 is 15.9 Å². The largest absolute Gasteiger partial charge is 0.417 e. The molecule has 0 saturated carbocycles. The molecule has 20 heavy (non-hydrogen) atoms. The second kappa shape index (κ2) is 5.35. The van der Waals surface area contributed by atoms with Gasteiger partial charge in [-0.05, 0) is 35.0 Å². The fraction of sp³-hybridized carbons (Fsp3) is 0.250. The molecule has 0 spiro atoms. The minimum Gasteiger partial charge on any atom is -0.285 e. The Labute approximate surface area is 120 Å². The number of aryl methyl sites for hydroxylation is 1. The lowest BCUT2D eigenvalue weighted by atomic mass is 10.1. The average Bonchev–Trinajstić information content (AvgIpc) is 2.78. The van der Waals surface area contributed by atoms with Crippen LogP contribution in [0.1, 0.15) is 28.7 Å². The van der Waals surface area contributed by atoms with Crippen LogP contribution in [0, 0.1) is 0 Å². The molecule has 2 rings (SSSR count). The molecule has 8 heteroatoms. The number of alkyl halides is 3. The molecule has 0 amide bonds. The maximum absolute atomic E-state index is 12.4. The van der Waals surface area contributed by atoms with Crippen molar-refractivity contribution in [2.45, 2.75) is 19.6 Å². The van der Waals surface area contributed by atoms with E-state index in [2.05, 4.69) is 26.0 Å². The number of rotatable bonds is 3. The van der Waals surface area contributed by atoms with Gasteiger partial charge in [0.25, 0.3) is 0 Å². The zero-order valence-corrected chi connectivity index (χ0v) is 11.9. The number of nitrogens with zero attached hydrogens (tertiary/aromatic N) is 3. The van der Waals surface area contributed by atoms with Crippen LogP contribution in [0.2, 0.25) is 0 Å². The van der Waals surface area contributed by atoms with Gasteiger partial charge in [0.05, 0.1) is 16.2 Å². The molecule has 0 N–H and O–H groups in total. The first-order chi connectivity index (χ1) is 9.34. The molecule has 0 aliphatic heterocycles. The fourth-order valence-electron chi connectivity index (χ4n) is 1.65. The zero-order valence-electron chi connectivity index (χ0n) is 10.3. The number of carbonyl (C=O) groups is 1. The van der Waals surface area contributed by atoms with Gasteiger partial charge in [-0.2, -0.15) is 18.3 Å². The lowest BCUT2D eigenvalue weighted by Gasteiger charge is -2.07. The summed E-state index contributed by atoms with van der Waals surface area (Å²) in [5, 5.41) is 3.98. The summed E-state index contributed by atoms with van der Waals surface area (Å²) in [6.07, 6.45) is -2.37. The molecule has 0 aliphatic rings. The Morgan fingerprint density at radius 2 is 2.05 bits per heavy atom. The van der Waals surface area contributed by atoms with Crippen LogP contribution in [-0.4, -0.2) is 20.5 Å². The first kappa shape index (κ1) is 14.7. The number of pyridine rings is 1. The van der Waals surface area contributed by atoms with Crippen LogP contribution in [0.25, 0.3) is 0 Å². The van der Waals surface area contributed by atoms with Crippen molar-refractivity contribution in [1.82, 2.24) is 14.8 Å². The second-order valence-electron chi connectivity index (χ2n) is 3.92. The van der Waals surface area contributed by atoms with Crippen LogP contribution in [0.3, 0.4) is 0 Å². The Bertz CT molecular complexity index is 634. The first-order valence-corrected chi connectivity index (χ1v) is 6.43. The van der Waals surface area contributed by atoms with Gasteiger partial charge in [-0.1, -0.05) is 0 Å². The van der Waals surface area contributed by atoms with Crippen molar-refractivity contribution >= 4 is 21.7 Å². The molecule has 0 bridgehead atoms. The molecule has 0 unspecified atom stereocenters. The monoisotopic (exact) mass is 347 g/mol. The molecule has 2 aromatic heterocycles. The van der Waals surface area contributed by atoms with E-state index in [9.17, 15) is 18.0 Å². The fourth-order valence-corrected chi connectivity index (χ4v) is 2.12. The van der Waals surface area contributed by atoms with Crippen molar-refractivity contribution in [1.29, 1.82) is 0 Å². The normalized spacial score (nSPS) is 11.7. The van der Waals surface area contributed by atoms with Gasteiger partial charge in [0.2, 0.25) is 5.78 Å². The Morgan fingerprint density at radius 3 is 2.55 bits per heavy atom. The predicted octanol–water partition coefficient (Wildman–Crippen LogP) is 3.31. The number of halogens is 4. The van der Waals surface area contributed by atoms with Gasteiger partial charge in [-0.15, -0.1) is 0 Å². The van der Waals surface area contributed by atoms with Crippen molar-refractivity contribution in [3.63, 3.8) is 0 Å². The highest BCUT2D eigenvalue weighted by Crippen LogP contribution is 2.28. The molecular weight excluding hydrogens is 339 g/mol. The van der Waals surface area contributed by atoms with E-state index >= 15 is 0 Å². The molecular formula is C12H9BrF3N3O. The van der Waals surface area contributed by atoms with Gasteiger partial charge in [0.1, 0.15) is 11.4 Å². The molecule has 4 nitrogen and oxygen atoms in total. The molecule has 0 atom stereocenters. The van der Waals surface area contributed by atoms with Crippen molar-refractivity contribution in [3.05, 3.63) is 46.0 Å². The lowest BCUT2D eigenvalue weighted by Crippen LogP contribution is -2.13. The topological polar surface area (TPSA) is 47.8 Å². The van der Waals surface area contributed by atoms with Gasteiger partial charge in [0, 0.05) is 12.7 Å². The summed E-state index contributed by atoms with van der Waals surface area (Å²) < 4.78 is 39.2. The van der Waals surface area contributed by atoms with E-state index in [1.165, 1.54) is 10.9 Å². The summed E-state index contributed by atoms with van der Waals surface area (Å²) in [5.41, 5.74) is -0.689. The summed E-state index contributed by atoms with van der Waals surface area (Å²) in [5.74, 6) is -0.482. The summed E-state index contributed by atoms with van der Waals surface area (Å²) >= 11 is 3.19. The van der Waals surface area contributed by atoms with E-state index in [-0.39, 0.29) is 11.4 Å². The molecule has 2 heterocycles. The Balaban J connectivity index is 2.37. The zero-order chi connectivity index (χ0) is 14.9. The number of ketones is 1. The maximum atomic E-state index is 12.4. The van der Waals surface area contributed by atoms with Crippen LogP contribution in [0.5, 0.6) is 0 Å². The van der Waals surface area contributed by atoms with Crippen molar-refractivity contribution < 1.29 is 18.0 Å². The van der Waals surface area contributed by atoms with Gasteiger partial charge < -0.3 is 0 Å². The van der Waals surface area contributed by atoms with Crippen LogP contribution < -0.4 is 0 Å². The number of carbonyl (C=O) groups excluding carboxylic acids is 1. The van der Waals surface area contributed by atoms with Gasteiger partial charge >= 0.3 is 6.18 Å². The van der Waals surface area contributed by atoms with E-state index < -0.39 is 17.5 Å². The summed E-state index contributed by atoms with van der Waals surface area (Å²) in [7, 11) is 0. The Kier molecular flexibility index (Phi) is 3.94. The van der Waals surface area contributed by atoms with Crippen molar-refractivity contribution in [3.8, 4) is 0 Å². The third kappa shape index (κ3) is 2.74. The summed E-state index contributed by atoms with van der Waals surface area (Å²) in [4.78, 5) is 15.8. The standard InChI is InChI=1S/C12H9BrF3N3O/c1-2-19-10(8(13)6-18-19)11(20)9-4-3-7(5-17-9)12(14,15)16/h3-6H,2H2,1H3. The molecule has 0 fully saturated rings. The van der Waals surface area contributed by atoms with Gasteiger partial charge in [-0.3, -0.25) is 14.5 Å². The third-order valence-electron chi connectivity index (χ3n) is 2.63. The quantitative estimate of drug-likeness (QED) is 0.800. The van der Waals surface area contributed by atoms with E-state index in [1.54, 1.807) is 6.92 Å². The predicted molar refractivity (Wildman–Crippen MR) is 68.3 cm³/mol. The van der Waals surface area contributed by atoms with E-state index in [0.717, 1.165) is 12.1 Å². The smallest absolute Gasteiger partial charge is 0.285 e. The van der Waals surface area contributed by atoms with Gasteiger partial charge in [-0.25, -0.2) is 0 Å². The van der Waals surface area contributed by atoms with Crippen LogP contribution in [-0.2, 0) is 12.7 Å². The van der Waals surface area contributed by atoms with Crippen molar-refractivity contribution in [2.24, 2.45) is 0 Å². The molecule has 0 radical (unpaired) electrons. The highest BCUT2D eigenvalue weighted by Gasteiger charge is 2.31. The summed E-state index contributed by atoms with van der Waals surface area (Å²) in [6.45, 7) is 2.27. The highest BCUT2D eigenvalue weighted by molar-refractivity contribution is 9.10. The number of aromatic nitrogens is 3. The highest BCUT2D eigenvalue weighted by atomic mass is 79.9. The first-order valence-electron chi connectivity index (χ1n) is 5.64. The SMILES string of the molecule is CCn1ncc(Br)c1C(=O)c1ccc(C(F)(F)F)cn1. The average molecular weight is 348 g/mol. The van der Waals surface area contributed by atoms with Crippen LogP contribution in [0.4, 0.5) is 13.2 Å². The second-order valence-corrected chi connectivity index (χ2v) is 4.77. The molecule has 2 aromatic rings.